The van der Waals surface area contributed by atoms with E-state index in [1.807, 2.05) is 12.1 Å². The number of carbonyl (C=O) groups is 1. The van der Waals surface area contributed by atoms with Gasteiger partial charge in [0.05, 0.1) is 31.8 Å². The molecule has 3 aromatic heterocycles. The van der Waals surface area contributed by atoms with Gasteiger partial charge in [-0.15, -0.1) is 0 Å². The Kier molecular flexibility index (Phi) is 9.23. The van der Waals surface area contributed by atoms with E-state index in [-0.39, 0.29) is 24.9 Å². The highest BCUT2D eigenvalue weighted by molar-refractivity contribution is 5.99. The van der Waals surface area contributed by atoms with Gasteiger partial charge in [-0.2, -0.15) is 10.1 Å². The van der Waals surface area contributed by atoms with Crippen LogP contribution in [0.1, 0.15) is 19.3 Å². The van der Waals surface area contributed by atoms with Crippen LogP contribution in [-0.2, 0) is 20.8 Å². The lowest BCUT2D eigenvalue weighted by Crippen LogP contribution is -2.26. The van der Waals surface area contributed by atoms with Crippen molar-refractivity contribution in [1.29, 1.82) is 0 Å². The maximum Gasteiger partial charge on any atom is 0.292 e. The van der Waals surface area contributed by atoms with Crippen LogP contribution in [0.25, 0.3) is 43.8 Å². The maximum atomic E-state index is 12.0. The minimum absolute atomic E-state index is 0.0782. The summed E-state index contributed by atoms with van der Waals surface area (Å²) in [7, 11) is 0. The molecule has 1 aromatic carbocycles. The number of hydrogen-bond acceptors (Lipinski definition) is 11. The van der Waals surface area contributed by atoms with Gasteiger partial charge in [0.1, 0.15) is 23.4 Å². The van der Waals surface area contributed by atoms with Crippen LogP contribution in [0.5, 0.6) is 0 Å². The van der Waals surface area contributed by atoms with Gasteiger partial charge in [0.15, 0.2) is 11.2 Å². The Balaban J connectivity index is 1.23. The van der Waals surface area contributed by atoms with Crippen molar-refractivity contribution in [3.05, 3.63) is 35.0 Å². The number of aryl methyl sites for hydroxylation is 1. The van der Waals surface area contributed by atoms with Crippen LogP contribution < -0.4 is 16.8 Å². The van der Waals surface area contributed by atoms with Crippen LogP contribution in [0.2, 0.25) is 0 Å². The number of ether oxygens (including phenoxy) is 2. The third-order valence-corrected chi connectivity index (χ3v) is 5.60. The lowest BCUT2D eigenvalue weighted by molar-refractivity contribution is -0.122. The average molecular weight is 524 g/mol. The summed E-state index contributed by atoms with van der Waals surface area (Å²) in [5.74, 6) is 0.260. The molecule has 0 saturated heterocycles. The Labute approximate surface area is 217 Å². The van der Waals surface area contributed by atoms with Crippen molar-refractivity contribution in [2.24, 2.45) is 5.11 Å². The predicted octanol–water partition coefficient (Wildman–Crippen LogP) is 2.43. The van der Waals surface area contributed by atoms with E-state index in [1.54, 1.807) is 10.7 Å². The van der Waals surface area contributed by atoms with E-state index in [4.69, 9.17) is 36.0 Å². The molecular formula is C23H29N11O4. The van der Waals surface area contributed by atoms with Gasteiger partial charge in [-0.25, -0.2) is 14.6 Å². The van der Waals surface area contributed by atoms with Crippen LogP contribution in [-0.4, -0.2) is 70.2 Å². The lowest BCUT2D eigenvalue weighted by Gasteiger charge is -2.07. The highest BCUT2D eigenvalue weighted by atomic mass is 16.5. The number of nitrogens with zero attached hydrogens (tertiary/aromatic N) is 8. The van der Waals surface area contributed by atoms with Gasteiger partial charge in [-0.3, -0.25) is 4.79 Å². The Morgan fingerprint density at radius 2 is 2.00 bits per heavy atom. The number of oxazole rings is 1. The van der Waals surface area contributed by atoms with Gasteiger partial charge < -0.3 is 30.7 Å². The summed E-state index contributed by atoms with van der Waals surface area (Å²) in [4.78, 5) is 27.4. The molecule has 4 rings (SSSR count). The van der Waals surface area contributed by atoms with Crippen molar-refractivity contribution in [1.82, 2.24) is 30.0 Å². The topological polar surface area (TPSA) is 218 Å². The molecule has 38 heavy (non-hydrogen) atoms. The molecule has 15 heteroatoms. The van der Waals surface area contributed by atoms with Crippen LogP contribution in [0.3, 0.4) is 0 Å². The zero-order valence-corrected chi connectivity index (χ0v) is 20.7. The van der Waals surface area contributed by atoms with E-state index in [9.17, 15) is 4.79 Å². The summed E-state index contributed by atoms with van der Waals surface area (Å²) in [5, 5.41) is 11.7. The molecular weight excluding hydrogens is 494 g/mol. The second-order valence-electron chi connectivity index (χ2n) is 8.25. The van der Waals surface area contributed by atoms with Gasteiger partial charge in [0.2, 0.25) is 5.91 Å². The fourth-order valence-electron chi connectivity index (χ4n) is 3.82. The molecule has 0 aliphatic rings. The quantitative estimate of drug-likeness (QED) is 0.0893. The number of benzene rings is 1. The molecule has 5 N–H and O–H groups in total. The molecule has 0 fully saturated rings. The number of amides is 1. The van der Waals surface area contributed by atoms with Crippen molar-refractivity contribution in [3.8, 4) is 11.3 Å². The number of nitrogens with one attached hydrogen (secondary N) is 1. The van der Waals surface area contributed by atoms with E-state index in [2.05, 4.69) is 30.3 Å². The van der Waals surface area contributed by atoms with Crippen LogP contribution in [0.15, 0.2) is 34.1 Å². The predicted molar refractivity (Wildman–Crippen MR) is 140 cm³/mol. The van der Waals surface area contributed by atoms with E-state index in [0.717, 1.165) is 18.4 Å². The molecule has 3 heterocycles. The minimum Gasteiger partial charge on any atom is -0.424 e. The zero-order chi connectivity index (χ0) is 26.7. The number of anilines is 2. The molecule has 4 aromatic rings. The second kappa shape index (κ2) is 13.2. The van der Waals surface area contributed by atoms with Crippen LogP contribution in [0.4, 0.5) is 11.8 Å². The van der Waals surface area contributed by atoms with Gasteiger partial charge in [0, 0.05) is 36.5 Å². The maximum absolute atomic E-state index is 12.0. The number of rotatable bonds is 15. The molecule has 200 valence electrons. The number of nitrogen functional groups attached to an aromatic ring is 2. The van der Waals surface area contributed by atoms with Gasteiger partial charge in [0.25, 0.3) is 6.01 Å². The molecule has 0 atom stereocenters. The Morgan fingerprint density at radius 3 is 2.84 bits per heavy atom. The summed E-state index contributed by atoms with van der Waals surface area (Å²) in [6.07, 6.45) is 3.21. The van der Waals surface area contributed by atoms with E-state index in [0.29, 0.717) is 73.2 Å². The first kappa shape index (κ1) is 26.6. The number of aromatic nitrogens is 5. The second-order valence-corrected chi connectivity index (χ2v) is 8.25. The Hall–Kier alpha value is -4.46. The van der Waals surface area contributed by atoms with E-state index < -0.39 is 0 Å². The number of fused-ring (bicyclic) bond motifs is 2. The molecule has 0 aliphatic heterocycles. The Bertz CT molecular complexity index is 1430. The Morgan fingerprint density at radius 1 is 1.16 bits per heavy atom. The fourth-order valence-corrected chi connectivity index (χ4v) is 3.82. The molecule has 1 amide bonds. The third-order valence-electron chi connectivity index (χ3n) is 5.60. The summed E-state index contributed by atoms with van der Waals surface area (Å²) < 4.78 is 17.8. The molecule has 0 unspecified atom stereocenters. The first-order valence-corrected chi connectivity index (χ1v) is 12.1. The van der Waals surface area contributed by atoms with Gasteiger partial charge in [-0.05, 0) is 36.6 Å². The van der Waals surface area contributed by atoms with E-state index >= 15 is 0 Å². The summed E-state index contributed by atoms with van der Waals surface area (Å²) in [6.45, 7) is 2.82. The van der Waals surface area contributed by atoms with Crippen molar-refractivity contribution >= 4 is 39.9 Å². The highest BCUT2D eigenvalue weighted by Gasteiger charge is 2.18. The number of hydrogen-bond donors (Lipinski definition) is 3. The lowest BCUT2D eigenvalue weighted by atomic mass is 10.1. The van der Waals surface area contributed by atoms with Crippen LogP contribution in [0, 0.1) is 0 Å². The van der Waals surface area contributed by atoms with Gasteiger partial charge in [-0.1, -0.05) is 5.11 Å². The highest BCUT2D eigenvalue weighted by Crippen LogP contribution is 2.32. The molecule has 0 radical (unpaired) electrons. The molecule has 0 aliphatic carbocycles. The van der Waals surface area contributed by atoms with E-state index in [1.165, 1.54) is 6.33 Å². The summed E-state index contributed by atoms with van der Waals surface area (Å²) in [5.41, 5.74) is 23.3. The van der Waals surface area contributed by atoms with Crippen molar-refractivity contribution in [2.45, 2.75) is 25.8 Å². The fraction of sp³-hybridized carbons (Fsp3) is 0.435. The molecule has 15 nitrogen and oxygen atoms in total. The normalized spacial score (nSPS) is 11.2. The number of nitrogens with two attached hydrogens (primary N) is 2. The first-order chi connectivity index (χ1) is 18.6. The first-order valence-electron chi connectivity index (χ1n) is 12.1. The number of azide groups is 1. The summed E-state index contributed by atoms with van der Waals surface area (Å²) in [6, 6.07) is 5.59. The van der Waals surface area contributed by atoms with Gasteiger partial charge >= 0.3 is 0 Å². The smallest absolute Gasteiger partial charge is 0.292 e. The minimum atomic E-state index is -0.0782. The SMILES string of the molecule is [N-]=[N+]=NCCOCCOCCC(=O)NCCCCn1nc(-c2ccc3oc(N)nc3c2)c2c(N)ncnc21. The van der Waals surface area contributed by atoms with Crippen molar-refractivity contribution < 1.29 is 18.7 Å². The zero-order valence-electron chi connectivity index (χ0n) is 20.7. The third kappa shape index (κ3) is 6.85. The number of carbonyl (C=O) groups excluding carboxylic acids is 1. The monoisotopic (exact) mass is 523 g/mol. The average Bonchev–Trinajstić information content (AvgIpc) is 3.47. The number of unbranched alkanes of at least 4 members (excludes halogenated alkanes) is 1. The van der Waals surface area contributed by atoms with Crippen LogP contribution >= 0.6 is 0 Å². The molecule has 0 spiro atoms. The largest absolute Gasteiger partial charge is 0.424 e. The summed E-state index contributed by atoms with van der Waals surface area (Å²) >= 11 is 0. The standard InChI is InChI=1S/C23H29N11O4/c24-21-19-20(15-3-4-17-16(13-15)31-23(25)38-17)32-34(22(19)29-14-28-21)8-2-1-6-27-18(35)5-9-36-11-12-37-10-7-30-33-26/h3-4,13-14H,1-2,5-12H2,(H2,25,31)(H,27,35)(H2,24,28,29). The molecule has 0 bridgehead atoms. The van der Waals surface area contributed by atoms with Crippen molar-refractivity contribution in [2.75, 3.05) is 51.0 Å². The van der Waals surface area contributed by atoms with Crippen molar-refractivity contribution in [3.63, 3.8) is 0 Å². The molecule has 0 saturated carbocycles.